The van der Waals surface area contributed by atoms with Crippen LogP contribution in [0.2, 0.25) is 0 Å². The number of rotatable bonds is 5. The van der Waals surface area contributed by atoms with E-state index >= 15 is 0 Å². The smallest absolute Gasteiger partial charge is 0.233 e. The zero-order chi connectivity index (χ0) is 11.1. The van der Waals surface area contributed by atoms with Crippen LogP contribution in [0.4, 0.5) is 4.39 Å². The summed E-state index contributed by atoms with van der Waals surface area (Å²) in [4.78, 5) is 11.1. The first-order valence-electron chi connectivity index (χ1n) is 4.88. The lowest BCUT2D eigenvalue weighted by Gasteiger charge is -2.04. The van der Waals surface area contributed by atoms with Crippen LogP contribution < -0.4 is 10.6 Å². The van der Waals surface area contributed by atoms with Crippen molar-refractivity contribution in [1.82, 2.24) is 10.6 Å². The SMILES string of the molecule is CNCC(=O)NCCc1ccc(F)cc1. The number of halogens is 1. The van der Waals surface area contributed by atoms with E-state index < -0.39 is 0 Å². The molecule has 0 radical (unpaired) electrons. The van der Waals surface area contributed by atoms with Gasteiger partial charge in [-0.3, -0.25) is 4.79 Å². The Hall–Kier alpha value is -1.42. The van der Waals surface area contributed by atoms with E-state index in [0.29, 0.717) is 13.1 Å². The minimum absolute atomic E-state index is 0.0281. The molecule has 0 aliphatic heterocycles. The lowest BCUT2D eigenvalue weighted by Crippen LogP contribution is -2.33. The second kappa shape index (κ2) is 6.14. The van der Waals surface area contributed by atoms with E-state index in [2.05, 4.69) is 10.6 Å². The van der Waals surface area contributed by atoms with Gasteiger partial charge in [-0.15, -0.1) is 0 Å². The van der Waals surface area contributed by atoms with Gasteiger partial charge in [0.05, 0.1) is 6.54 Å². The summed E-state index contributed by atoms with van der Waals surface area (Å²) < 4.78 is 12.6. The molecule has 0 bridgehead atoms. The average Bonchev–Trinajstić information content (AvgIpc) is 2.21. The summed E-state index contributed by atoms with van der Waals surface area (Å²) >= 11 is 0. The van der Waals surface area contributed by atoms with Crippen molar-refractivity contribution in [3.63, 3.8) is 0 Å². The number of carbonyl (C=O) groups excluding carboxylic acids is 1. The Balaban J connectivity index is 2.26. The van der Waals surface area contributed by atoms with E-state index in [1.807, 2.05) is 0 Å². The summed E-state index contributed by atoms with van der Waals surface area (Å²) in [5.41, 5.74) is 1.01. The molecule has 3 nitrogen and oxygen atoms in total. The van der Waals surface area contributed by atoms with Crippen molar-refractivity contribution in [2.45, 2.75) is 6.42 Å². The minimum Gasteiger partial charge on any atom is -0.355 e. The molecule has 1 amide bonds. The van der Waals surface area contributed by atoms with Gasteiger partial charge >= 0.3 is 0 Å². The van der Waals surface area contributed by atoms with Gasteiger partial charge in [0.1, 0.15) is 5.82 Å². The number of hydrogen-bond acceptors (Lipinski definition) is 2. The molecular weight excluding hydrogens is 195 g/mol. The third kappa shape index (κ3) is 4.56. The highest BCUT2D eigenvalue weighted by Crippen LogP contribution is 2.02. The number of hydrogen-bond donors (Lipinski definition) is 2. The topological polar surface area (TPSA) is 41.1 Å². The molecule has 0 aliphatic carbocycles. The minimum atomic E-state index is -0.238. The number of amides is 1. The van der Waals surface area contributed by atoms with Gasteiger partial charge in [0.25, 0.3) is 0 Å². The van der Waals surface area contributed by atoms with Crippen molar-refractivity contribution in [2.75, 3.05) is 20.1 Å². The maximum atomic E-state index is 12.6. The lowest BCUT2D eigenvalue weighted by molar-refractivity contribution is -0.120. The fourth-order valence-corrected chi connectivity index (χ4v) is 1.22. The number of likely N-dealkylation sites (N-methyl/N-ethyl adjacent to an activating group) is 1. The molecule has 4 heteroatoms. The van der Waals surface area contributed by atoms with Gasteiger partial charge in [0.2, 0.25) is 5.91 Å². The van der Waals surface area contributed by atoms with Crippen molar-refractivity contribution in [3.8, 4) is 0 Å². The Morgan fingerprint density at radius 3 is 2.60 bits per heavy atom. The van der Waals surface area contributed by atoms with E-state index in [0.717, 1.165) is 12.0 Å². The van der Waals surface area contributed by atoms with Crippen LogP contribution in [-0.4, -0.2) is 26.0 Å². The Kier molecular flexibility index (Phi) is 4.77. The van der Waals surface area contributed by atoms with Crippen LogP contribution >= 0.6 is 0 Å². The summed E-state index contributed by atoms with van der Waals surface area (Å²) in [5.74, 6) is -0.266. The van der Waals surface area contributed by atoms with Gasteiger partial charge in [-0.05, 0) is 31.2 Å². The summed E-state index contributed by atoms with van der Waals surface area (Å²) in [6.07, 6.45) is 0.718. The van der Waals surface area contributed by atoms with Crippen molar-refractivity contribution in [1.29, 1.82) is 0 Å². The predicted molar refractivity (Wildman–Crippen MR) is 57.0 cm³/mol. The van der Waals surface area contributed by atoms with Crippen LogP contribution in [0.5, 0.6) is 0 Å². The Morgan fingerprint density at radius 2 is 2.00 bits per heavy atom. The fraction of sp³-hybridized carbons (Fsp3) is 0.364. The van der Waals surface area contributed by atoms with Gasteiger partial charge in [0, 0.05) is 6.54 Å². The first-order valence-corrected chi connectivity index (χ1v) is 4.88. The summed E-state index contributed by atoms with van der Waals surface area (Å²) in [6, 6.07) is 6.29. The highest BCUT2D eigenvalue weighted by atomic mass is 19.1. The monoisotopic (exact) mass is 210 g/mol. The summed E-state index contributed by atoms with van der Waals surface area (Å²) in [7, 11) is 1.72. The maximum absolute atomic E-state index is 12.6. The van der Waals surface area contributed by atoms with Gasteiger partial charge in [-0.25, -0.2) is 4.39 Å². The largest absolute Gasteiger partial charge is 0.355 e. The summed E-state index contributed by atoms with van der Waals surface area (Å²) in [5, 5.41) is 5.51. The molecule has 1 aromatic rings. The number of carbonyl (C=O) groups is 1. The molecule has 1 aromatic carbocycles. The van der Waals surface area contributed by atoms with Crippen molar-refractivity contribution in [3.05, 3.63) is 35.6 Å². The number of benzene rings is 1. The molecule has 0 aromatic heterocycles. The van der Waals surface area contributed by atoms with Crippen molar-refractivity contribution in [2.24, 2.45) is 0 Å². The highest BCUT2D eigenvalue weighted by Gasteiger charge is 1.98. The van der Waals surface area contributed by atoms with Gasteiger partial charge in [-0.1, -0.05) is 12.1 Å². The molecule has 0 fully saturated rings. The Bertz CT molecular complexity index is 311. The van der Waals surface area contributed by atoms with E-state index in [9.17, 15) is 9.18 Å². The maximum Gasteiger partial charge on any atom is 0.233 e. The number of nitrogens with one attached hydrogen (secondary N) is 2. The molecule has 2 N–H and O–H groups in total. The van der Waals surface area contributed by atoms with Crippen LogP contribution in [0, 0.1) is 5.82 Å². The third-order valence-corrected chi connectivity index (χ3v) is 1.99. The van der Waals surface area contributed by atoms with Gasteiger partial charge in [-0.2, -0.15) is 0 Å². The van der Waals surface area contributed by atoms with E-state index in [-0.39, 0.29) is 11.7 Å². The van der Waals surface area contributed by atoms with Gasteiger partial charge in [0.15, 0.2) is 0 Å². The predicted octanol–water partition coefficient (Wildman–Crippen LogP) is 0.704. The molecule has 15 heavy (non-hydrogen) atoms. The second-order valence-corrected chi connectivity index (χ2v) is 3.26. The van der Waals surface area contributed by atoms with Crippen LogP contribution in [0.25, 0.3) is 0 Å². The van der Waals surface area contributed by atoms with Gasteiger partial charge < -0.3 is 10.6 Å². The summed E-state index contributed by atoms with van der Waals surface area (Å²) in [6.45, 7) is 0.898. The van der Waals surface area contributed by atoms with Crippen LogP contribution in [0.3, 0.4) is 0 Å². The molecule has 0 spiro atoms. The zero-order valence-corrected chi connectivity index (χ0v) is 8.72. The molecule has 82 valence electrons. The lowest BCUT2D eigenvalue weighted by atomic mass is 10.1. The molecule has 0 saturated heterocycles. The third-order valence-electron chi connectivity index (χ3n) is 1.99. The molecule has 0 heterocycles. The Labute approximate surface area is 88.7 Å². The van der Waals surface area contributed by atoms with E-state index in [1.54, 1.807) is 19.2 Å². The normalized spacial score (nSPS) is 10.0. The molecular formula is C11H15FN2O. The second-order valence-electron chi connectivity index (χ2n) is 3.26. The molecule has 0 unspecified atom stereocenters. The quantitative estimate of drug-likeness (QED) is 0.751. The first-order chi connectivity index (χ1) is 7.22. The van der Waals surface area contributed by atoms with E-state index in [4.69, 9.17) is 0 Å². The zero-order valence-electron chi connectivity index (χ0n) is 8.72. The molecule has 0 aliphatic rings. The van der Waals surface area contributed by atoms with Crippen LogP contribution in [0.1, 0.15) is 5.56 Å². The standard InChI is InChI=1S/C11H15FN2O/c1-13-8-11(15)14-7-6-9-2-4-10(12)5-3-9/h2-5,13H,6-8H2,1H3,(H,14,15). The first kappa shape index (κ1) is 11.7. The van der Waals surface area contributed by atoms with Crippen LogP contribution in [0.15, 0.2) is 24.3 Å². The average molecular weight is 210 g/mol. The van der Waals surface area contributed by atoms with E-state index in [1.165, 1.54) is 12.1 Å². The molecule has 0 atom stereocenters. The molecule has 1 rings (SSSR count). The van der Waals surface area contributed by atoms with Crippen molar-refractivity contribution >= 4 is 5.91 Å². The van der Waals surface area contributed by atoms with Crippen LogP contribution in [-0.2, 0) is 11.2 Å². The fourth-order valence-electron chi connectivity index (χ4n) is 1.22. The highest BCUT2D eigenvalue weighted by molar-refractivity contribution is 5.77. The molecule has 0 saturated carbocycles. The Morgan fingerprint density at radius 1 is 1.33 bits per heavy atom. The van der Waals surface area contributed by atoms with Crippen molar-refractivity contribution < 1.29 is 9.18 Å².